The Morgan fingerprint density at radius 3 is 2.35 bits per heavy atom. The van der Waals surface area contributed by atoms with Gasteiger partial charge in [-0.05, 0) is 29.3 Å². The number of hydrogen-bond donors (Lipinski definition) is 1. The molecule has 1 aliphatic rings. The highest BCUT2D eigenvalue weighted by atomic mass is 32.2. The average molecular weight is 438 g/mol. The van der Waals surface area contributed by atoms with Crippen LogP contribution in [0, 0.1) is 12.0 Å². The zero-order valence-corrected chi connectivity index (χ0v) is 18.0. The van der Waals surface area contributed by atoms with Gasteiger partial charge in [0.1, 0.15) is 5.25 Å². The average Bonchev–Trinajstić information content (AvgIpc) is 2.79. The summed E-state index contributed by atoms with van der Waals surface area (Å²) in [5.41, 5.74) is -0.304. The number of alkyl halides is 1. The van der Waals surface area contributed by atoms with Crippen molar-refractivity contribution >= 4 is 15.7 Å². The Hall–Kier alpha value is -3.17. The zero-order chi connectivity index (χ0) is 22.3. The maximum absolute atomic E-state index is 15.9. The quantitative estimate of drug-likeness (QED) is 0.533. The van der Waals surface area contributed by atoms with Crippen LogP contribution in [0.4, 0.5) is 4.39 Å². The molecule has 2 unspecified atom stereocenters. The number of benzene rings is 2. The molecule has 1 aliphatic carbocycles. The first-order chi connectivity index (χ1) is 14.9. The van der Waals surface area contributed by atoms with Gasteiger partial charge in [0.2, 0.25) is 0 Å². The molecular formula is C25H24FNO3S. The fraction of sp³-hybridized carbons (Fsp3) is 0.240. The van der Waals surface area contributed by atoms with Gasteiger partial charge in [-0.3, -0.25) is 10.1 Å². The Balaban J connectivity index is 1.68. The molecule has 31 heavy (non-hydrogen) atoms. The van der Waals surface area contributed by atoms with Crippen molar-refractivity contribution < 1.29 is 17.6 Å². The van der Waals surface area contributed by atoms with Crippen molar-refractivity contribution in [2.24, 2.45) is 0 Å². The normalized spacial score (nSPS) is 19.0. The molecule has 6 heteroatoms. The van der Waals surface area contributed by atoms with Gasteiger partial charge < -0.3 is 0 Å². The lowest BCUT2D eigenvalue weighted by Crippen LogP contribution is -2.36. The number of halogens is 1. The van der Waals surface area contributed by atoms with Crippen molar-refractivity contribution in [3.05, 3.63) is 95.6 Å². The van der Waals surface area contributed by atoms with Crippen molar-refractivity contribution in [3.63, 3.8) is 0 Å². The lowest BCUT2D eigenvalue weighted by molar-refractivity contribution is 0.0973. The van der Waals surface area contributed by atoms with E-state index in [0.29, 0.717) is 17.5 Å². The molecule has 0 saturated heterocycles. The number of sulfone groups is 1. The Labute approximate surface area is 182 Å². The molecule has 4 nitrogen and oxygen atoms in total. The predicted octanol–water partition coefficient (Wildman–Crippen LogP) is 4.54. The molecule has 0 saturated carbocycles. The number of hydrogen-bond acceptors (Lipinski definition) is 3. The fourth-order valence-electron chi connectivity index (χ4n) is 3.48. The summed E-state index contributed by atoms with van der Waals surface area (Å²) < 4.78 is 41.3. The summed E-state index contributed by atoms with van der Waals surface area (Å²) in [4.78, 5) is 12.0. The van der Waals surface area contributed by atoms with Gasteiger partial charge in [-0.2, -0.15) is 0 Å². The molecule has 2 atom stereocenters. The van der Waals surface area contributed by atoms with Crippen LogP contribution in [0.25, 0.3) is 0 Å². The third-order valence-electron chi connectivity index (χ3n) is 5.14. The number of allylic oxidation sites excluding steroid dienone is 4. The molecule has 0 heterocycles. The highest BCUT2D eigenvalue weighted by Gasteiger charge is 2.45. The standard InChI is InChI=1S/C25H24FNO3S/c1-2-31(29,30)23(21-11-5-3-6-12-21)25(26)17-15-20(16-18-25)10-9-19-27-24(28)22-13-7-4-8-14-22/h3-8,11-17,23H,2,10,18H2,1H3,(H,27,28). The van der Waals surface area contributed by atoms with Gasteiger partial charge in [0.25, 0.3) is 5.91 Å². The SMILES string of the molecule is CCS(=O)(=O)C(c1ccccc1)C1(F)C=CC(CC#CNC(=O)c2ccccc2)=CC1. The fourth-order valence-corrected chi connectivity index (χ4v) is 5.16. The topological polar surface area (TPSA) is 63.2 Å². The molecule has 3 rings (SSSR count). The lowest BCUT2D eigenvalue weighted by Gasteiger charge is -2.32. The summed E-state index contributed by atoms with van der Waals surface area (Å²) in [5.74, 6) is 2.41. The van der Waals surface area contributed by atoms with Gasteiger partial charge >= 0.3 is 0 Å². The van der Waals surface area contributed by atoms with Crippen molar-refractivity contribution in [1.82, 2.24) is 5.32 Å². The zero-order valence-electron chi connectivity index (χ0n) is 17.2. The van der Waals surface area contributed by atoms with Crippen LogP contribution < -0.4 is 5.32 Å². The third-order valence-corrected chi connectivity index (χ3v) is 7.33. The maximum Gasteiger partial charge on any atom is 0.262 e. The molecule has 0 aromatic heterocycles. The number of carbonyl (C=O) groups excluding carboxylic acids is 1. The second-order valence-corrected chi connectivity index (χ2v) is 9.66. The van der Waals surface area contributed by atoms with Crippen molar-refractivity contribution in [2.45, 2.75) is 30.7 Å². The maximum atomic E-state index is 15.9. The molecule has 0 spiro atoms. The van der Waals surface area contributed by atoms with Gasteiger partial charge in [0.05, 0.1) is 0 Å². The van der Waals surface area contributed by atoms with E-state index in [-0.39, 0.29) is 18.1 Å². The molecule has 1 N–H and O–H groups in total. The van der Waals surface area contributed by atoms with E-state index in [2.05, 4.69) is 17.3 Å². The van der Waals surface area contributed by atoms with Crippen LogP contribution in [-0.4, -0.2) is 25.7 Å². The Morgan fingerprint density at radius 2 is 1.77 bits per heavy atom. The number of nitrogens with one attached hydrogen (secondary N) is 1. The highest BCUT2D eigenvalue weighted by Crippen LogP contribution is 2.43. The molecule has 2 aromatic carbocycles. The predicted molar refractivity (Wildman–Crippen MR) is 121 cm³/mol. The molecule has 0 radical (unpaired) electrons. The van der Waals surface area contributed by atoms with E-state index in [0.717, 1.165) is 5.57 Å². The van der Waals surface area contributed by atoms with E-state index < -0.39 is 20.8 Å². The second-order valence-electron chi connectivity index (χ2n) is 7.28. The Morgan fingerprint density at radius 1 is 1.13 bits per heavy atom. The van der Waals surface area contributed by atoms with E-state index in [1.165, 1.54) is 13.0 Å². The first-order valence-electron chi connectivity index (χ1n) is 10.0. The summed E-state index contributed by atoms with van der Waals surface area (Å²) in [7, 11) is -3.68. The van der Waals surface area contributed by atoms with Gasteiger partial charge in [0, 0.05) is 30.2 Å². The molecule has 0 aliphatic heterocycles. The molecule has 0 bridgehead atoms. The van der Waals surface area contributed by atoms with E-state index in [1.54, 1.807) is 66.7 Å². The molecule has 0 fully saturated rings. The third kappa shape index (κ3) is 5.50. The van der Waals surface area contributed by atoms with Crippen molar-refractivity contribution in [3.8, 4) is 12.0 Å². The number of rotatable bonds is 6. The Kier molecular flexibility index (Phi) is 7.09. The van der Waals surface area contributed by atoms with Gasteiger partial charge in [-0.15, -0.1) is 0 Å². The van der Waals surface area contributed by atoms with Crippen LogP contribution in [0.3, 0.4) is 0 Å². The number of carbonyl (C=O) groups is 1. The summed E-state index contributed by atoms with van der Waals surface area (Å²) in [6.07, 6.45) is 4.85. The minimum absolute atomic E-state index is 0.0598. The summed E-state index contributed by atoms with van der Waals surface area (Å²) in [6, 6.07) is 19.9. The van der Waals surface area contributed by atoms with Crippen LogP contribution in [-0.2, 0) is 9.84 Å². The first-order valence-corrected chi connectivity index (χ1v) is 11.7. The van der Waals surface area contributed by atoms with Crippen molar-refractivity contribution in [2.75, 3.05) is 5.75 Å². The van der Waals surface area contributed by atoms with E-state index >= 15 is 4.39 Å². The minimum Gasteiger partial charge on any atom is -0.281 e. The Bertz CT molecular complexity index is 1150. The molecule has 1 amide bonds. The minimum atomic E-state index is -3.68. The van der Waals surface area contributed by atoms with Crippen LogP contribution in [0.1, 0.15) is 40.9 Å². The van der Waals surface area contributed by atoms with Crippen LogP contribution >= 0.6 is 0 Å². The summed E-state index contributed by atoms with van der Waals surface area (Å²) in [6.45, 7) is 1.53. The molecule has 160 valence electrons. The largest absolute Gasteiger partial charge is 0.281 e. The van der Waals surface area contributed by atoms with Crippen LogP contribution in [0.15, 0.2) is 84.5 Å². The lowest BCUT2D eigenvalue weighted by atomic mass is 9.87. The van der Waals surface area contributed by atoms with E-state index in [4.69, 9.17) is 0 Å². The highest BCUT2D eigenvalue weighted by molar-refractivity contribution is 7.91. The van der Waals surface area contributed by atoms with Gasteiger partial charge in [-0.1, -0.05) is 73.5 Å². The first kappa shape index (κ1) is 22.5. The molecular weight excluding hydrogens is 413 g/mol. The summed E-state index contributed by atoms with van der Waals surface area (Å²) in [5, 5.41) is 1.25. The monoisotopic (exact) mass is 437 g/mol. The van der Waals surface area contributed by atoms with Gasteiger partial charge in [-0.25, -0.2) is 12.8 Å². The van der Waals surface area contributed by atoms with Gasteiger partial charge in [0.15, 0.2) is 15.5 Å². The van der Waals surface area contributed by atoms with E-state index in [1.807, 2.05) is 6.07 Å². The van der Waals surface area contributed by atoms with Crippen molar-refractivity contribution in [1.29, 1.82) is 0 Å². The van der Waals surface area contributed by atoms with Crippen LogP contribution in [0.2, 0.25) is 0 Å². The second kappa shape index (κ2) is 9.76. The van der Waals surface area contributed by atoms with Crippen LogP contribution in [0.5, 0.6) is 0 Å². The summed E-state index contributed by atoms with van der Waals surface area (Å²) >= 11 is 0. The van der Waals surface area contributed by atoms with E-state index in [9.17, 15) is 13.2 Å². The smallest absolute Gasteiger partial charge is 0.262 e. The molecule has 2 aromatic rings. The number of amides is 1.